The number of benzene rings is 1. The summed E-state index contributed by atoms with van der Waals surface area (Å²) in [6.07, 6.45) is 3.40. The van der Waals surface area contributed by atoms with Gasteiger partial charge in [0.2, 0.25) is 0 Å². The Kier molecular flexibility index (Phi) is 5.98. The lowest BCUT2D eigenvalue weighted by Crippen LogP contribution is -2.08. The molecule has 6 nitrogen and oxygen atoms in total. The smallest absolute Gasteiger partial charge is 0.335 e. The maximum atomic E-state index is 13.1. The highest BCUT2D eigenvalue weighted by atomic mass is 35.5. The monoisotopic (exact) mass is 397 g/mol. The summed E-state index contributed by atoms with van der Waals surface area (Å²) in [5, 5.41) is 4.23. The van der Waals surface area contributed by atoms with Gasteiger partial charge >= 0.3 is 7.60 Å². The molecule has 0 radical (unpaired) electrons. The summed E-state index contributed by atoms with van der Waals surface area (Å²) in [5.74, 6) is 0.651. The first-order chi connectivity index (χ1) is 12.5. The van der Waals surface area contributed by atoms with Gasteiger partial charge < -0.3 is 13.6 Å². The number of nitrogens with zero attached hydrogens (tertiary/aromatic N) is 1. The molecule has 1 aliphatic carbocycles. The second-order valence-electron chi connectivity index (χ2n) is 6.11. The fraction of sp³-hybridized carbons (Fsp3) is 0.444. The molecule has 0 spiro atoms. The third kappa shape index (κ3) is 4.26. The van der Waals surface area contributed by atoms with Gasteiger partial charge in [-0.05, 0) is 50.5 Å². The lowest BCUT2D eigenvalue weighted by atomic mass is 9.98. The molecule has 0 unspecified atom stereocenters. The van der Waals surface area contributed by atoms with Crippen molar-refractivity contribution in [3.05, 3.63) is 51.9 Å². The van der Waals surface area contributed by atoms with E-state index in [4.69, 9.17) is 25.2 Å². The van der Waals surface area contributed by atoms with Crippen molar-refractivity contribution in [2.24, 2.45) is 0 Å². The number of halogens is 1. The molecule has 0 aliphatic heterocycles. The van der Waals surface area contributed by atoms with Crippen LogP contribution in [0.25, 0.3) is 0 Å². The third-order valence-corrected chi connectivity index (χ3v) is 6.38. The van der Waals surface area contributed by atoms with Gasteiger partial charge in [0.1, 0.15) is 0 Å². The van der Waals surface area contributed by atoms with Gasteiger partial charge in [-0.25, -0.2) is 0 Å². The van der Waals surface area contributed by atoms with Gasteiger partial charge in [-0.2, -0.15) is 0 Å². The molecule has 1 aromatic heterocycles. The normalized spacial score (nSPS) is 14.6. The number of hydrogen-bond acceptors (Lipinski definition) is 6. The molecule has 1 saturated carbocycles. The van der Waals surface area contributed by atoms with Crippen LogP contribution in [0.5, 0.6) is 0 Å². The summed E-state index contributed by atoms with van der Waals surface area (Å²) in [6, 6.07) is 4.89. The first kappa shape index (κ1) is 19.3. The van der Waals surface area contributed by atoms with Crippen molar-refractivity contribution < 1.29 is 22.9 Å². The first-order valence-corrected chi connectivity index (χ1v) is 10.7. The van der Waals surface area contributed by atoms with Crippen LogP contribution in [0.1, 0.15) is 59.9 Å². The lowest BCUT2D eigenvalue weighted by molar-refractivity contribution is 0.103. The van der Waals surface area contributed by atoms with Crippen molar-refractivity contribution in [1.29, 1.82) is 0 Å². The standard InChI is InChI=1S/C18H21ClNO5P/c1-3-23-26(22,24-4-2)11-13-9-14(19)7-8-15(13)17(21)16-10-20-25-18(16)12-5-6-12/h7-10,12H,3-6,11H2,1-2H3. The molecule has 3 rings (SSSR count). The molecule has 0 amide bonds. The fourth-order valence-corrected chi connectivity index (χ4v) is 4.77. The third-order valence-electron chi connectivity index (χ3n) is 4.12. The highest BCUT2D eigenvalue weighted by Crippen LogP contribution is 2.52. The molecule has 140 valence electrons. The molecular weight excluding hydrogens is 377 g/mol. The minimum Gasteiger partial charge on any atom is -0.360 e. The molecule has 1 aromatic carbocycles. The van der Waals surface area contributed by atoms with Crippen molar-refractivity contribution in [3.63, 3.8) is 0 Å². The van der Waals surface area contributed by atoms with Crippen LogP contribution >= 0.6 is 19.2 Å². The van der Waals surface area contributed by atoms with E-state index in [1.165, 1.54) is 6.20 Å². The Bertz CT molecular complexity index is 836. The van der Waals surface area contributed by atoms with E-state index in [0.717, 1.165) is 12.8 Å². The topological polar surface area (TPSA) is 78.6 Å². The number of ketones is 1. The lowest BCUT2D eigenvalue weighted by Gasteiger charge is -2.18. The minimum atomic E-state index is -3.37. The van der Waals surface area contributed by atoms with Crippen LogP contribution in [0, 0.1) is 0 Å². The van der Waals surface area contributed by atoms with Gasteiger partial charge in [0, 0.05) is 16.5 Å². The molecule has 1 aliphatic rings. The second-order valence-corrected chi connectivity index (χ2v) is 8.60. The van der Waals surface area contributed by atoms with E-state index in [1.807, 2.05) is 0 Å². The quantitative estimate of drug-likeness (QED) is 0.427. The molecule has 0 atom stereocenters. The van der Waals surface area contributed by atoms with E-state index in [-0.39, 0.29) is 31.1 Å². The largest absolute Gasteiger partial charge is 0.360 e. The maximum Gasteiger partial charge on any atom is 0.335 e. The van der Waals surface area contributed by atoms with Crippen LogP contribution in [0.2, 0.25) is 5.02 Å². The van der Waals surface area contributed by atoms with Crippen molar-refractivity contribution in [1.82, 2.24) is 5.16 Å². The van der Waals surface area contributed by atoms with Crippen LogP contribution in [0.3, 0.4) is 0 Å². The van der Waals surface area contributed by atoms with Crippen molar-refractivity contribution >= 4 is 25.0 Å². The molecule has 0 saturated heterocycles. The van der Waals surface area contributed by atoms with E-state index in [0.29, 0.717) is 27.5 Å². The van der Waals surface area contributed by atoms with E-state index in [9.17, 15) is 9.36 Å². The second kappa shape index (κ2) is 8.05. The number of rotatable bonds is 9. The highest BCUT2D eigenvalue weighted by Gasteiger charge is 2.34. The zero-order valence-corrected chi connectivity index (χ0v) is 16.4. The summed E-state index contributed by atoms with van der Waals surface area (Å²) in [7, 11) is -3.37. The average molecular weight is 398 g/mol. The number of carbonyl (C=O) groups is 1. The maximum absolute atomic E-state index is 13.1. The highest BCUT2D eigenvalue weighted by molar-refractivity contribution is 7.53. The van der Waals surface area contributed by atoms with Gasteiger partial charge in [-0.1, -0.05) is 16.8 Å². The van der Waals surface area contributed by atoms with Crippen LogP contribution in [0.15, 0.2) is 28.9 Å². The van der Waals surface area contributed by atoms with Crippen LogP contribution in [0.4, 0.5) is 0 Å². The summed E-state index contributed by atoms with van der Waals surface area (Å²) >= 11 is 6.11. The molecular formula is C18H21ClNO5P. The Balaban J connectivity index is 1.96. The van der Waals surface area contributed by atoms with Crippen LogP contribution < -0.4 is 0 Å². The van der Waals surface area contributed by atoms with Gasteiger partial charge in [0.25, 0.3) is 0 Å². The summed E-state index contributed by atoms with van der Waals surface area (Å²) in [6.45, 7) is 3.99. The SMILES string of the molecule is CCOP(=O)(Cc1cc(Cl)ccc1C(=O)c1cnoc1C1CC1)OCC. The zero-order chi connectivity index (χ0) is 18.7. The zero-order valence-electron chi connectivity index (χ0n) is 14.7. The van der Waals surface area contributed by atoms with Crippen molar-refractivity contribution in [2.45, 2.75) is 38.8 Å². The number of carbonyl (C=O) groups excluding carboxylic acids is 1. The average Bonchev–Trinajstić information content (AvgIpc) is 3.31. The summed E-state index contributed by atoms with van der Waals surface area (Å²) < 4.78 is 28.9. The Morgan fingerprint density at radius 3 is 2.58 bits per heavy atom. The molecule has 26 heavy (non-hydrogen) atoms. The predicted octanol–water partition coefficient (Wildman–Crippen LogP) is 5.20. The first-order valence-electron chi connectivity index (χ1n) is 8.63. The Morgan fingerprint density at radius 1 is 1.27 bits per heavy atom. The van der Waals surface area contributed by atoms with Gasteiger partial charge in [0.15, 0.2) is 11.5 Å². The molecule has 2 aromatic rings. The summed E-state index contributed by atoms with van der Waals surface area (Å²) in [4.78, 5) is 13.1. The minimum absolute atomic E-state index is 0.0274. The van der Waals surface area contributed by atoms with Crippen LogP contribution in [-0.4, -0.2) is 24.2 Å². The molecule has 1 fully saturated rings. The fourth-order valence-electron chi connectivity index (χ4n) is 2.85. The number of hydrogen-bond donors (Lipinski definition) is 0. The molecule has 0 bridgehead atoms. The van der Waals surface area contributed by atoms with E-state index in [1.54, 1.807) is 32.0 Å². The Morgan fingerprint density at radius 2 is 1.96 bits per heavy atom. The molecule has 0 N–H and O–H groups in total. The van der Waals surface area contributed by atoms with Crippen molar-refractivity contribution in [2.75, 3.05) is 13.2 Å². The van der Waals surface area contributed by atoms with Crippen molar-refractivity contribution in [3.8, 4) is 0 Å². The van der Waals surface area contributed by atoms with Crippen LogP contribution in [-0.2, 0) is 19.8 Å². The van der Waals surface area contributed by atoms with E-state index in [2.05, 4.69) is 5.16 Å². The van der Waals surface area contributed by atoms with Gasteiger partial charge in [-0.3, -0.25) is 9.36 Å². The number of aromatic nitrogens is 1. The molecule has 1 heterocycles. The van der Waals surface area contributed by atoms with Gasteiger partial charge in [0.05, 0.1) is 31.1 Å². The Hall–Kier alpha value is -1.46. The van der Waals surface area contributed by atoms with Gasteiger partial charge in [-0.15, -0.1) is 0 Å². The predicted molar refractivity (Wildman–Crippen MR) is 97.9 cm³/mol. The van der Waals surface area contributed by atoms with E-state index >= 15 is 0 Å². The molecule has 8 heteroatoms. The van der Waals surface area contributed by atoms with E-state index < -0.39 is 7.60 Å². The summed E-state index contributed by atoms with van der Waals surface area (Å²) in [5.41, 5.74) is 1.37. The Labute approximate surface area is 157 Å².